The molecule has 132 valence electrons. The first-order valence-electron chi connectivity index (χ1n) is 8.86. The van der Waals surface area contributed by atoms with E-state index in [-0.39, 0.29) is 17.9 Å². The fraction of sp³-hybridized carbons (Fsp3) is 0.579. The maximum atomic E-state index is 12.4. The molecule has 5 nitrogen and oxygen atoms in total. The molecule has 1 fully saturated rings. The maximum absolute atomic E-state index is 12.4. The summed E-state index contributed by atoms with van der Waals surface area (Å²) in [5, 5.41) is 5.95. The van der Waals surface area contributed by atoms with Gasteiger partial charge in [-0.3, -0.25) is 9.59 Å². The Kier molecular flexibility index (Phi) is 6.37. The second-order valence-corrected chi connectivity index (χ2v) is 7.31. The zero-order valence-electron chi connectivity index (χ0n) is 15.2. The van der Waals surface area contributed by atoms with E-state index in [1.807, 2.05) is 0 Å². The molecule has 24 heavy (non-hydrogen) atoms. The largest absolute Gasteiger partial charge is 0.346 e. The summed E-state index contributed by atoms with van der Waals surface area (Å²) in [6, 6.07) is 8.50. The average Bonchev–Trinajstić information content (AvgIpc) is 2.52. The van der Waals surface area contributed by atoms with Crippen molar-refractivity contribution < 1.29 is 14.5 Å². The van der Waals surface area contributed by atoms with Crippen LogP contribution in [-0.2, 0) is 9.59 Å². The van der Waals surface area contributed by atoms with E-state index >= 15 is 0 Å². The van der Waals surface area contributed by atoms with Crippen LogP contribution >= 0.6 is 0 Å². The molecule has 0 radical (unpaired) electrons. The lowest BCUT2D eigenvalue weighted by molar-refractivity contribution is -0.885. The van der Waals surface area contributed by atoms with Crippen molar-refractivity contribution in [3.63, 3.8) is 0 Å². The third-order valence-electron chi connectivity index (χ3n) is 4.57. The highest BCUT2D eigenvalue weighted by molar-refractivity contribution is 5.79. The van der Waals surface area contributed by atoms with Crippen LogP contribution in [0.25, 0.3) is 0 Å². The van der Waals surface area contributed by atoms with Crippen LogP contribution in [0, 0.1) is 5.92 Å². The Morgan fingerprint density at radius 3 is 2.33 bits per heavy atom. The molecule has 1 aliphatic rings. The molecule has 1 aromatic rings. The molecule has 0 spiro atoms. The first-order chi connectivity index (χ1) is 11.4. The lowest BCUT2D eigenvalue weighted by atomic mass is 9.93. The number of carbonyl (C=O) groups is 2. The van der Waals surface area contributed by atoms with Gasteiger partial charge in [0.05, 0.1) is 19.1 Å². The Balaban J connectivity index is 1.99. The van der Waals surface area contributed by atoms with Gasteiger partial charge in [-0.2, -0.15) is 0 Å². The smallest absolute Gasteiger partial charge is 0.275 e. The van der Waals surface area contributed by atoms with Crippen molar-refractivity contribution in [3.05, 3.63) is 35.4 Å². The molecule has 0 saturated carbocycles. The van der Waals surface area contributed by atoms with Crippen LogP contribution < -0.4 is 15.5 Å². The molecule has 5 heteroatoms. The SMILES string of the molecule is CC(C)c1ccc([C@H](NC(=O)C[NH+]2CCNC(=O)C2)C(C)C)cc1. The number of hydrogen-bond acceptors (Lipinski definition) is 2. The van der Waals surface area contributed by atoms with Crippen molar-refractivity contribution in [1.29, 1.82) is 0 Å². The molecule has 0 aromatic heterocycles. The lowest BCUT2D eigenvalue weighted by Crippen LogP contribution is -3.16. The summed E-state index contributed by atoms with van der Waals surface area (Å²) in [7, 11) is 0. The lowest BCUT2D eigenvalue weighted by Gasteiger charge is -2.26. The molecule has 1 heterocycles. The van der Waals surface area contributed by atoms with Crippen LogP contribution in [0.1, 0.15) is 50.8 Å². The van der Waals surface area contributed by atoms with Crippen molar-refractivity contribution in [3.8, 4) is 0 Å². The first kappa shape index (κ1) is 18.5. The van der Waals surface area contributed by atoms with Crippen LogP contribution in [0.5, 0.6) is 0 Å². The molecule has 0 bridgehead atoms. The molecular formula is C19H30N3O2+. The maximum Gasteiger partial charge on any atom is 0.275 e. The van der Waals surface area contributed by atoms with E-state index in [2.05, 4.69) is 62.6 Å². The molecule has 2 amide bonds. The van der Waals surface area contributed by atoms with Crippen LogP contribution in [0.15, 0.2) is 24.3 Å². The predicted molar refractivity (Wildman–Crippen MR) is 94.8 cm³/mol. The monoisotopic (exact) mass is 332 g/mol. The summed E-state index contributed by atoms with van der Waals surface area (Å²) in [6.45, 7) is 10.7. The van der Waals surface area contributed by atoms with E-state index in [9.17, 15) is 9.59 Å². The van der Waals surface area contributed by atoms with Gasteiger partial charge in [0.15, 0.2) is 13.1 Å². The van der Waals surface area contributed by atoms with Crippen LogP contribution in [0.3, 0.4) is 0 Å². The van der Waals surface area contributed by atoms with Gasteiger partial charge in [0, 0.05) is 0 Å². The van der Waals surface area contributed by atoms with Gasteiger partial charge in [0.1, 0.15) is 0 Å². The fourth-order valence-corrected chi connectivity index (χ4v) is 3.08. The predicted octanol–water partition coefficient (Wildman–Crippen LogP) is 0.638. The van der Waals surface area contributed by atoms with Crippen molar-refractivity contribution in [1.82, 2.24) is 10.6 Å². The van der Waals surface area contributed by atoms with Crippen LogP contribution in [-0.4, -0.2) is 38.0 Å². The zero-order chi connectivity index (χ0) is 17.7. The normalized spacial score (nSPS) is 19.2. The van der Waals surface area contributed by atoms with Gasteiger partial charge in [0.2, 0.25) is 0 Å². The summed E-state index contributed by atoms with van der Waals surface area (Å²) in [5.74, 6) is 0.832. The number of rotatable bonds is 6. The van der Waals surface area contributed by atoms with Crippen molar-refractivity contribution >= 4 is 11.8 Å². The second kappa shape index (κ2) is 8.29. The fourth-order valence-electron chi connectivity index (χ4n) is 3.08. The van der Waals surface area contributed by atoms with Gasteiger partial charge in [-0.1, -0.05) is 52.0 Å². The Bertz CT molecular complexity index is 566. The summed E-state index contributed by atoms with van der Waals surface area (Å²) < 4.78 is 0. The molecule has 2 rings (SSSR count). The Labute approximate surface area is 144 Å². The van der Waals surface area contributed by atoms with Crippen molar-refractivity contribution in [2.24, 2.45) is 5.92 Å². The summed E-state index contributed by atoms with van der Waals surface area (Å²) >= 11 is 0. The van der Waals surface area contributed by atoms with Gasteiger partial charge < -0.3 is 15.5 Å². The second-order valence-electron chi connectivity index (χ2n) is 7.31. The average molecular weight is 332 g/mol. The van der Waals surface area contributed by atoms with Gasteiger partial charge in [0.25, 0.3) is 11.8 Å². The Hall–Kier alpha value is -1.88. The van der Waals surface area contributed by atoms with Crippen LogP contribution in [0.4, 0.5) is 0 Å². The van der Waals surface area contributed by atoms with Gasteiger partial charge in [-0.15, -0.1) is 0 Å². The molecule has 1 aromatic carbocycles. The molecule has 1 saturated heterocycles. The van der Waals surface area contributed by atoms with E-state index in [0.717, 1.165) is 17.0 Å². The molecular weight excluding hydrogens is 302 g/mol. The van der Waals surface area contributed by atoms with Gasteiger partial charge in [-0.25, -0.2) is 0 Å². The third-order valence-corrected chi connectivity index (χ3v) is 4.57. The highest BCUT2D eigenvalue weighted by Crippen LogP contribution is 2.23. The van der Waals surface area contributed by atoms with Gasteiger partial charge in [-0.05, 0) is 23.0 Å². The molecule has 1 unspecified atom stereocenters. The van der Waals surface area contributed by atoms with E-state index < -0.39 is 0 Å². The van der Waals surface area contributed by atoms with E-state index in [1.54, 1.807) is 0 Å². The third kappa shape index (κ3) is 5.06. The Morgan fingerprint density at radius 2 is 1.79 bits per heavy atom. The van der Waals surface area contributed by atoms with E-state index in [4.69, 9.17) is 0 Å². The standard InChI is InChI=1S/C19H29N3O2/c1-13(2)15-5-7-16(8-6-15)19(14(3)4)21-18(24)12-22-10-9-20-17(23)11-22/h5-8,13-14,19H,9-12H2,1-4H3,(H,20,23)(H,21,24)/p+1/t19-/m1/s1. The number of benzene rings is 1. The van der Waals surface area contributed by atoms with Crippen LogP contribution in [0.2, 0.25) is 0 Å². The highest BCUT2D eigenvalue weighted by Gasteiger charge is 2.25. The quantitative estimate of drug-likeness (QED) is 0.716. The number of amides is 2. The molecule has 2 atom stereocenters. The number of quaternary nitrogens is 1. The number of carbonyl (C=O) groups excluding carboxylic acids is 2. The summed E-state index contributed by atoms with van der Waals surface area (Å²) in [4.78, 5) is 24.9. The van der Waals surface area contributed by atoms with Crippen molar-refractivity contribution in [2.75, 3.05) is 26.2 Å². The number of piperazine rings is 1. The van der Waals surface area contributed by atoms with E-state index in [0.29, 0.717) is 31.5 Å². The van der Waals surface area contributed by atoms with Gasteiger partial charge >= 0.3 is 0 Å². The van der Waals surface area contributed by atoms with E-state index in [1.165, 1.54) is 5.56 Å². The minimum absolute atomic E-state index is 0.00303. The summed E-state index contributed by atoms with van der Waals surface area (Å²) in [6.07, 6.45) is 0. The zero-order valence-corrected chi connectivity index (χ0v) is 15.2. The van der Waals surface area contributed by atoms with Crippen molar-refractivity contribution in [2.45, 2.75) is 39.7 Å². The Morgan fingerprint density at radius 1 is 1.17 bits per heavy atom. The molecule has 0 aliphatic carbocycles. The topological polar surface area (TPSA) is 62.6 Å². The number of hydrogen-bond donors (Lipinski definition) is 3. The summed E-state index contributed by atoms with van der Waals surface area (Å²) in [5.41, 5.74) is 2.44. The minimum atomic E-state index is -0.00303. The first-order valence-corrected chi connectivity index (χ1v) is 8.86. The molecule has 3 N–H and O–H groups in total. The molecule has 1 aliphatic heterocycles. The highest BCUT2D eigenvalue weighted by atomic mass is 16.2. The minimum Gasteiger partial charge on any atom is -0.346 e. The number of nitrogens with one attached hydrogen (secondary N) is 3.